The lowest BCUT2D eigenvalue weighted by molar-refractivity contribution is 0.0740. The minimum Gasteiger partial charge on any atom is -0.340 e. The normalized spacial score (nSPS) is 13.6. The van der Waals surface area contributed by atoms with Gasteiger partial charge in [-0.25, -0.2) is 19.9 Å². The molecular formula is C20H18N8O. The summed E-state index contributed by atoms with van der Waals surface area (Å²) in [6, 6.07) is 12.5. The number of nitrogens with zero attached hydrogens (tertiary/aromatic N) is 7. The summed E-state index contributed by atoms with van der Waals surface area (Å²) in [7, 11) is 0. The third-order valence-corrected chi connectivity index (χ3v) is 4.57. The largest absolute Gasteiger partial charge is 0.340 e. The molecule has 0 spiro atoms. The molecule has 0 aliphatic carbocycles. The van der Waals surface area contributed by atoms with Crippen LogP contribution in [0.4, 0.5) is 17.5 Å². The standard InChI is InChI=1S/C20H18N8O/c21-13-15-2-4-16(5-3-15)26-18-12-17(24-14-25-18)19(29)27-8-10-28(11-9-27)20-22-6-1-7-23-20/h1-7,12,14H,8-11H2,(H,24,25,26). The molecule has 0 saturated carbocycles. The Labute approximate surface area is 167 Å². The zero-order valence-electron chi connectivity index (χ0n) is 15.6. The highest BCUT2D eigenvalue weighted by molar-refractivity contribution is 5.93. The Bertz CT molecular complexity index is 1020. The average Bonchev–Trinajstić information content (AvgIpc) is 2.80. The molecule has 0 unspecified atom stereocenters. The predicted octanol–water partition coefficient (Wildman–Crippen LogP) is 1.84. The van der Waals surface area contributed by atoms with E-state index in [4.69, 9.17) is 5.26 Å². The van der Waals surface area contributed by atoms with E-state index in [1.165, 1.54) is 6.33 Å². The molecule has 29 heavy (non-hydrogen) atoms. The molecule has 2 aromatic heterocycles. The number of hydrogen-bond donors (Lipinski definition) is 1. The Hall–Kier alpha value is -4.06. The first-order valence-corrected chi connectivity index (χ1v) is 9.13. The van der Waals surface area contributed by atoms with Crippen molar-refractivity contribution in [3.05, 3.63) is 66.4 Å². The summed E-state index contributed by atoms with van der Waals surface area (Å²) in [5.74, 6) is 1.06. The smallest absolute Gasteiger partial charge is 0.272 e. The Morgan fingerprint density at radius 1 is 1.00 bits per heavy atom. The van der Waals surface area contributed by atoms with Gasteiger partial charge >= 0.3 is 0 Å². The summed E-state index contributed by atoms with van der Waals surface area (Å²) < 4.78 is 0. The summed E-state index contributed by atoms with van der Waals surface area (Å²) >= 11 is 0. The van der Waals surface area contributed by atoms with Crippen LogP contribution in [0.3, 0.4) is 0 Å². The quantitative estimate of drug-likeness (QED) is 0.723. The molecule has 1 aliphatic rings. The second-order valence-electron chi connectivity index (χ2n) is 6.43. The SMILES string of the molecule is N#Cc1ccc(Nc2cc(C(=O)N3CCN(c4ncccn4)CC3)ncn2)cc1. The molecule has 0 radical (unpaired) electrons. The number of amides is 1. The number of carbonyl (C=O) groups excluding carboxylic acids is 1. The maximum Gasteiger partial charge on any atom is 0.272 e. The first kappa shape index (κ1) is 18.3. The van der Waals surface area contributed by atoms with E-state index >= 15 is 0 Å². The lowest BCUT2D eigenvalue weighted by Gasteiger charge is -2.34. The van der Waals surface area contributed by atoms with Crippen molar-refractivity contribution in [3.8, 4) is 6.07 Å². The van der Waals surface area contributed by atoms with Crippen LogP contribution in [0.2, 0.25) is 0 Å². The van der Waals surface area contributed by atoms with E-state index in [1.807, 2.05) is 0 Å². The third-order valence-electron chi connectivity index (χ3n) is 4.57. The Morgan fingerprint density at radius 2 is 1.72 bits per heavy atom. The number of piperazine rings is 1. The summed E-state index contributed by atoms with van der Waals surface area (Å²) in [5, 5.41) is 12.0. The van der Waals surface area contributed by atoms with Crippen molar-refractivity contribution >= 4 is 23.4 Å². The van der Waals surface area contributed by atoms with Crippen LogP contribution in [0.15, 0.2) is 55.1 Å². The lowest BCUT2D eigenvalue weighted by atomic mass is 10.2. The fourth-order valence-corrected chi connectivity index (χ4v) is 3.04. The second-order valence-corrected chi connectivity index (χ2v) is 6.43. The van der Waals surface area contributed by atoms with Crippen LogP contribution >= 0.6 is 0 Å². The molecule has 4 rings (SSSR count). The molecule has 3 heterocycles. The predicted molar refractivity (Wildman–Crippen MR) is 107 cm³/mol. The second kappa shape index (κ2) is 8.31. The number of carbonyl (C=O) groups is 1. The third kappa shape index (κ3) is 4.27. The molecule has 9 heteroatoms. The zero-order chi connectivity index (χ0) is 20.1. The van der Waals surface area contributed by atoms with Crippen LogP contribution in [0.5, 0.6) is 0 Å². The van der Waals surface area contributed by atoms with E-state index in [0.717, 1.165) is 5.69 Å². The van der Waals surface area contributed by atoms with Crippen molar-refractivity contribution in [1.82, 2.24) is 24.8 Å². The number of anilines is 3. The molecule has 1 fully saturated rings. The summed E-state index contributed by atoms with van der Waals surface area (Å²) in [5.41, 5.74) is 1.69. The van der Waals surface area contributed by atoms with Crippen LogP contribution < -0.4 is 10.2 Å². The number of nitriles is 1. The maximum atomic E-state index is 12.9. The minimum atomic E-state index is -0.135. The van der Waals surface area contributed by atoms with Gasteiger partial charge in [0.2, 0.25) is 5.95 Å². The summed E-state index contributed by atoms with van der Waals surface area (Å²) in [6.07, 6.45) is 4.79. The Morgan fingerprint density at radius 3 is 2.41 bits per heavy atom. The van der Waals surface area contributed by atoms with E-state index in [1.54, 1.807) is 53.7 Å². The van der Waals surface area contributed by atoms with Crippen molar-refractivity contribution in [3.63, 3.8) is 0 Å². The van der Waals surface area contributed by atoms with Gasteiger partial charge in [0, 0.05) is 50.3 Å². The van der Waals surface area contributed by atoms with Gasteiger partial charge < -0.3 is 15.1 Å². The lowest BCUT2D eigenvalue weighted by Crippen LogP contribution is -2.49. The van der Waals surface area contributed by atoms with E-state index in [2.05, 4.69) is 36.2 Å². The van der Waals surface area contributed by atoms with Crippen molar-refractivity contribution in [1.29, 1.82) is 5.26 Å². The minimum absolute atomic E-state index is 0.135. The molecule has 9 nitrogen and oxygen atoms in total. The fourth-order valence-electron chi connectivity index (χ4n) is 3.04. The van der Waals surface area contributed by atoms with Gasteiger partial charge in [-0.2, -0.15) is 5.26 Å². The number of nitrogens with one attached hydrogen (secondary N) is 1. The highest BCUT2D eigenvalue weighted by Gasteiger charge is 2.24. The molecule has 1 aromatic carbocycles. The van der Waals surface area contributed by atoms with Gasteiger partial charge in [-0.3, -0.25) is 4.79 Å². The first-order chi connectivity index (χ1) is 14.2. The average molecular weight is 386 g/mol. The van der Waals surface area contributed by atoms with Crippen LogP contribution in [-0.2, 0) is 0 Å². The molecule has 1 aliphatic heterocycles. The van der Waals surface area contributed by atoms with Gasteiger partial charge in [0.25, 0.3) is 5.91 Å². The number of hydrogen-bond acceptors (Lipinski definition) is 8. The van der Waals surface area contributed by atoms with Gasteiger partial charge in [-0.05, 0) is 30.3 Å². The molecule has 0 atom stereocenters. The highest BCUT2D eigenvalue weighted by Crippen LogP contribution is 2.17. The van der Waals surface area contributed by atoms with E-state index in [9.17, 15) is 4.79 Å². The van der Waals surface area contributed by atoms with E-state index in [-0.39, 0.29) is 5.91 Å². The van der Waals surface area contributed by atoms with Crippen LogP contribution in [0.25, 0.3) is 0 Å². The maximum absolute atomic E-state index is 12.9. The fraction of sp³-hybridized carbons (Fsp3) is 0.200. The number of rotatable bonds is 4. The van der Waals surface area contributed by atoms with Crippen LogP contribution in [0.1, 0.15) is 16.1 Å². The molecule has 3 aromatic rings. The van der Waals surface area contributed by atoms with Crippen molar-refractivity contribution < 1.29 is 4.79 Å². The van der Waals surface area contributed by atoms with E-state index in [0.29, 0.717) is 49.2 Å². The molecule has 1 N–H and O–H groups in total. The Balaban J connectivity index is 1.40. The zero-order valence-corrected chi connectivity index (χ0v) is 15.6. The Kier molecular flexibility index (Phi) is 5.25. The van der Waals surface area contributed by atoms with Gasteiger partial charge in [0.05, 0.1) is 11.6 Å². The molecule has 144 valence electrons. The van der Waals surface area contributed by atoms with Gasteiger partial charge in [0.1, 0.15) is 17.8 Å². The molecular weight excluding hydrogens is 368 g/mol. The summed E-state index contributed by atoms with van der Waals surface area (Å²) in [6.45, 7) is 2.47. The van der Waals surface area contributed by atoms with Crippen LogP contribution in [-0.4, -0.2) is 56.9 Å². The molecule has 1 amide bonds. The molecule has 1 saturated heterocycles. The van der Waals surface area contributed by atoms with E-state index < -0.39 is 0 Å². The van der Waals surface area contributed by atoms with Gasteiger partial charge in [-0.1, -0.05) is 0 Å². The van der Waals surface area contributed by atoms with Crippen molar-refractivity contribution in [2.75, 3.05) is 36.4 Å². The van der Waals surface area contributed by atoms with Crippen molar-refractivity contribution in [2.24, 2.45) is 0 Å². The monoisotopic (exact) mass is 386 g/mol. The first-order valence-electron chi connectivity index (χ1n) is 9.13. The number of aromatic nitrogens is 4. The molecule has 0 bridgehead atoms. The van der Waals surface area contributed by atoms with Crippen molar-refractivity contribution in [2.45, 2.75) is 0 Å². The topological polar surface area (TPSA) is 111 Å². The van der Waals surface area contributed by atoms with Gasteiger partial charge in [-0.15, -0.1) is 0 Å². The van der Waals surface area contributed by atoms with Gasteiger partial charge in [0.15, 0.2) is 0 Å². The summed E-state index contributed by atoms with van der Waals surface area (Å²) in [4.78, 5) is 33.5. The highest BCUT2D eigenvalue weighted by atomic mass is 16.2. The van der Waals surface area contributed by atoms with Crippen LogP contribution in [0, 0.1) is 11.3 Å². The number of benzene rings is 1.